The zero-order valence-corrected chi connectivity index (χ0v) is 40.0. The third-order valence-electron chi connectivity index (χ3n) is 11.2. The Morgan fingerprint density at radius 2 is 1.21 bits per heavy atom. The fourth-order valence-electron chi connectivity index (χ4n) is 7.77. The van der Waals surface area contributed by atoms with E-state index in [9.17, 15) is 36.6 Å². The Morgan fingerprint density at radius 3 is 1.79 bits per heavy atom. The fourth-order valence-corrected chi connectivity index (χ4v) is 10.9. The number of thiazole rings is 2. The van der Waals surface area contributed by atoms with Gasteiger partial charge in [-0.05, 0) is 65.6 Å². The van der Waals surface area contributed by atoms with Gasteiger partial charge in [-0.2, -0.15) is 14.9 Å². The number of carbonyl (C=O) groups is 2. The summed E-state index contributed by atoms with van der Waals surface area (Å²) in [6.07, 6.45) is 0.206. The number of carboxylic acids is 2. The van der Waals surface area contributed by atoms with E-state index in [0.717, 1.165) is 45.1 Å². The molecule has 5 aromatic carbocycles. The number of nitrogens with zero attached hydrogens (tertiary/aromatic N) is 6. The van der Waals surface area contributed by atoms with Gasteiger partial charge in [-0.25, -0.2) is 46.2 Å². The second kappa shape index (κ2) is 19.0. The maximum atomic E-state index is 14.1. The summed E-state index contributed by atoms with van der Waals surface area (Å²) in [4.78, 5) is 32.2. The number of anilines is 1. The van der Waals surface area contributed by atoms with E-state index in [1.165, 1.54) is 39.7 Å². The number of ether oxygens (including phenoxy) is 1. The molecule has 0 spiro atoms. The molecule has 21 heteroatoms. The second-order valence-corrected chi connectivity index (χ2v) is 20.9. The van der Waals surface area contributed by atoms with Crippen LogP contribution in [0.15, 0.2) is 154 Å². The van der Waals surface area contributed by atoms with Crippen molar-refractivity contribution in [3.8, 4) is 44.6 Å². The first-order valence-corrected chi connectivity index (χ1v) is 26.2. The fraction of sp³-hybridized carbons (Fsp3) is 0.0800. The molecule has 0 aliphatic carbocycles. The van der Waals surface area contributed by atoms with Crippen LogP contribution in [0.2, 0.25) is 0 Å². The molecule has 1 aliphatic rings. The van der Waals surface area contributed by atoms with Crippen LogP contribution < -0.4 is 9.86 Å². The lowest BCUT2D eigenvalue weighted by Gasteiger charge is -2.11. The van der Waals surface area contributed by atoms with E-state index in [0.29, 0.717) is 57.5 Å². The number of aromatic nitrogens is 6. The van der Waals surface area contributed by atoms with Crippen molar-refractivity contribution >= 4 is 60.3 Å². The number of benzene rings is 5. The Morgan fingerprint density at radius 1 is 0.676 bits per heavy atom. The van der Waals surface area contributed by atoms with Crippen LogP contribution in [0.5, 0.6) is 0 Å². The molecule has 1 unspecified atom stereocenters. The van der Waals surface area contributed by atoms with Gasteiger partial charge in [-0.3, -0.25) is 4.72 Å². The largest absolute Gasteiger partial charge is 0.476 e. The van der Waals surface area contributed by atoms with Crippen molar-refractivity contribution in [1.82, 2.24) is 29.5 Å². The van der Waals surface area contributed by atoms with Gasteiger partial charge in [-0.1, -0.05) is 90.8 Å². The molecule has 1 saturated heterocycles. The topological polar surface area (TPSA) is 255 Å². The van der Waals surface area contributed by atoms with E-state index < -0.39 is 32.0 Å². The smallest absolute Gasteiger partial charge is 0.355 e. The Kier molecular flexibility index (Phi) is 12.5. The van der Waals surface area contributed by atoms with E-state index in [4.69, 9.17) is 20.1 Å². The minimum Gasteiger partial charge on any atom is -0.476 e. The van der Waals surface area contributed by atoms with Crippen molar-refractivity contribution in [3.63, 3.8) is 0 Å². The summed E-state index contributed by atoms with van der Waals surface area (Å²) >= 11 is 2.20. The summed E-state index contributed by atoms with van der Waals surface area (Å²) in [5.41, 5.74) is 6.89. The minimum absolute atomic E-state index is 0.00949. The molecular formula is C50H36N8O9S4. The lowest BCUT2D eigenvalue weighted by atomic mass is 9.98. The molecule has 1 atom stereocenters. The van der Waals surface area contributed by atoms with Crippen LogP contribution in [0, 0.1) is 11.8 Å². The molecule has 4 aromatic heterocycles. The lowest BCUT2D eigenvalue weighted by Crippen LogP contribution is -2.13. The lowest BCUT2D eigenvalue weighted by molar-refractivity contribution is 0.0680. The number of epoxide rings is 1. The van der Waals surface area contributed by atoms with Gasteiger partial charge in [0.1, 0.15) is 11.8 Å². The Labute approximate surface area is 413 Å². The first-order valence-electron chi connectivity index (χ1n) is 21.4. The molecule has 354 valence electrons. The number of hydrogen-bond acceptors (Lipinski definition) is 13. The standard InChI is InChI=1S/C50H36N8O9S4/c51-70(63,64)36-19-14-31(15-20-36)24-38-42(23-18-30-8-3-1-4-9-30)57(49-52-40(28-68-49)47(59)60)54-45(38)34-12-7-13-35(26-34)56-71(65,66)37-21-16-32(17-22-37)25-39-44(33-10-5-2-6-11-33)55-58(46(39)43-27-67-43)50-53-41(29-69-50)48(61)62/h1-17,19-22,26,28-29,43,56H,24-25,27H2,(H,59,60)(H,61,62)(H2,51,63,64). The summed E-state index contributed by atoms with van der Waals surface area (Å²) in [6, 6.07) is 37.9. The number of hydrogen-bond donors (Lipinski definition) is 4. The average Bonchev–Trinajstić information content (AvgIpc) is 3.68. The van der Waals surface area contributed by atoms with Crippen molar-refractivity contribution in [2.45, 2.75) is 28.7 Å². The molecule has 5 heterocycles. The zero-order valence-electron chi connectivity index (χ0n) is 36.7. The van der Waals surface area contributed by atoms with E-state index in [1.54, 1.807) is 53.2 Å². The SMILES string of the molecule is NS(=O)(=O)c1ccc(Cc2c(-c3cccc(NS(=O)(=O)c4ccc(Cc5c(-c6ccccc6)nn(-c6nc(C(=O)O)cs6)c5C5CO5)cc4)c3)nn(-c3nc(C(=O)O)cs3)c2C#Cc2ccccc2)cc1. The Balaban J connectivity index is 0.988. The number of rotatable bonds is 15. The van der Waals surface area contributed by atoms with Crippen LogP contribution in [0.1, 0.15) is 66.3 Å². The highest BCUT2D eigenvalue weighted by molar-refractivity contribution is 7.92. The molecule has 71 heavy (non-hydrogen) atoms. The molecule has 5 N–H and O–H groups in total. The number of carboxylic acid groups (broad SMARTS) is 2. The van der Waals surface area contributed by atoms with Gasteiger partial charge in [-0.15, -0.1) is 22.7 Å². The highest BCUT2D eigenvalue weighted by atomic mass is 32.2. The first kappa shape index (κ1) is 46.6. The van der Waals surface area contributed by atoms with Crippen molar-refractivity contribution in [2.24, 2.45) is 5.14 Å². The van der Waals surface area contributed by atoms with Crippen molar-refractivity contribution in [3.05, 3.63) is 195 Å². The Bertz CT molecular complexity index is 3800. The van der Waals surface area contributed by atoms with Crippen molar-refractivity contribution in [2.75, 3.05) is 11.3 Å². The van der Waals surface area contributed by atoms with E-state index >= 15 is 0 Å². The van der Waals surface area contributed by atoms with E-state index in [-0.39, 0.29) is 44.5 Å². The van der Waals surface area contributed by atoms with Crippen LogP contribution in [0.3, 0.4) is 0 Å². The number of primary sulfonamides is 1. The third kappa shape index (κ3) is 10.0. The van der Waals surface area contributed by atoms with Gasteiger partial charge in [0.05, 0.1) is 33.5 Å². The van der Waals surface area contributed by atoms with Gasteiger partial charge < -0.3 is 14.9 Å². The summed E-state index contributed by atoms with van der Waals surface area (Å²) < 4.78 is 64.0. The van der Waals surface area contributed by atoms with Crippen LogP contribution in [0.4, 0.5) is 5.69 Å². The van der Waals surface area contributed by atoms with Gasteiger partial charge in [0.2, 0.25) is 20.3 Å². The summed E-state index contributed by atoms with van der Waals surface area (Å²) in [7, 11) is -8.16. The monoisotopic (exact) mass is 1020 g/mol. The van der Waals surface area contributed by atoms with Crippen LogP contribution in [-0.4, -0.2) is 75.1 Å². The summed E-state index contributed by atoms with van der Waals surface area (Å²) in [6.45, 7) is 0.442. The van der Waals surface area contributed by atoms with E-state index in [2.05, 4.69) is 26.5 Å². The predicted molar refractivity (Wildman–Crippen MR) is 265 cm³/mol. The maximum Gasteiger partial charge on any atom is 0.355 e. The molecule has 0 radical (unpaired) electrons. The summed E-state index contributed by atoms with van der Waals surface area (Å²) in [5.74, 6) is 4.01. The average molecular weight is 1020 g/mol. The van der Waals surface area contributed by atoms with Gasteiger partial charge >= 0.3 is 11.9 Å². The number of nitrogens with one attached hydrogen (secondary N) is 1. The minimum atomic E-state index is -4.18. The van der Waals surface area contributed by atoms with Gasteiger partial charge in [0.25, 0.3) is 10.0 Å². The molecule has 10 rings (SSSR count). The van der Waals surface area contributed by atoms with Crippen molar-refractivity contribution in [1.29, 1.82) is 0 Å². The first-order chi connectivity index (χ1) is 34.2. The van der Waals surface area contributed by atoms with Crippen molar-refractivity contribution < 1.29 is 41.4 Å². The van der Waals surface area contributed by atoms with E-state index in [1.807, 2.05) is 60.7 Å². The molecule has 0 bridgehead atoms. The third-order valence-corrected chi connectivity index (χ3v) is 15.2. The van der Waals surface area contributed by atoms with Crippen LogP contribution in [-0.2, 0) is 37.6 Å². The molecule has 0 amide bonds. The number of aromatic carboxylic acids is 2. The van der Waals surface area contributed by atoms with Crippen LogP contribution in [0.25, 0.3) is 32.8 Å². The van der Waals surface area contributed by atoms with Crippen LogP contribution >= 0.6 is 22.7 Å². The Hall–Kier alpha value is -8.10. The molecule has 1 aliphatic heterocycles. The highest BCUT2D eigenvalue weighted by Crippen LogP contribution is 2.40. The predicted octanol–water partition coefficient (Wildman–Crippen LogP) is 7.80. The molecule has 17 nitrogen and oxygen atoms in total. The molecule has 9 aromatic rings. The summed E-state index contributed by atoms with van der Waals surface area (Å²) in [5, 5.41) is 38.0. The molecular weight excluding hydrogens is 985 g/mol. The number of sulfonamides is 2. The number of nitrogens with two attached hydrogens (primary N) is 1. The zero-order chi connectivity index (χ0) is 49.4. The second-order valence-electron chi connectivity index (χ2n) is 16.0. The highest BCUT2D eigenvalue weighted by Gasteiger charge is 2.36. The normalized spacial score (nSPS) is 13.3. The molecule has 0 saturated carbocycles. The quantitative estimate of drug-likeness (QED) is 0.0565. The molecule has 1 fully saturated rings. The maximum absolute atomic E-state index is 14.1. The van der Waals surface area contributed by atoms with Gasteiger partial charge in [0.15, 0.2) is 11.4 Å². The van der Waals surface area contributed by atoms with Gasteiger partial charge in [0, 0.05) is 57.1 Å².